The molecule has 2 aromatic rings. The van der Waals surface area contributed by atoms with Crippen LogP contribution in [0.5, 0.6) is 0 Å². The maximum absolute atomic E-state index is 12.4. The van der Waals surface area contributed by atoms with E-state index in [9.17, 15) is 4.79 Å². The molecule has 2 N–H and O–H groups in total. The largest absolute Gasteiger partial charge is 0.347 e. The molecule has 5 nitrogen and oxygen atoms in total. The molecule has 108 valence electrons. The van der Waals surface area contributed by atoms with Gasteiger partial charge in [0.15, 0.2) is 0 Å². The Hall–Kier alpha value is -2.26. The van der Waals surface area contributed by atoms with Crippen molar-refractivity contribution in [2.24, 2.45) is 0 Å². The summed E-state index contributed by atoms with van der Waals surface area (Å²) in [5.41, 5.74) is 0.586. The molecule has 2 rings (SSSR count). The van der Waals surface area contributed by atoms with E-state index in [0.29, 0.717) is 11.3 Å². The van der Waals surface area contributed by atoms with E-state index < -0.39 is 0 Å². The van der Waals surface area contributed by atoms with Gasteiger partial charge in [0.1, 0.15) is 5.82 Å². The van der Waals surface area contributed by atoms with E-state index in [0.717, 1.165) is 17.1 Å². The highest BCUT2D eigenvalue weighted by Gasteiger charge is 2.18. The quantitative estimate of drug-likeness (QED) is 0.804. The second-order valence-corrected chi connectivity index (χ2v) is 5.37. The number of aromatic nitrogens is 2. The lowest BCUT2D eigenvalue weighted by molar-refractivity contribution is 0.0931. The van der Waals surface area contributed by atoms with Gasteiger partial charge in [0.05, 0.1) is 23.4 Å². The number of thioether (sulfide) groups is 1. The van der Waals surface area contributed by atoms with Crippen LogP contribution in [0, 0.1) is 11.3 Å². The van der Waals surface area contributed by atoms with E-state index in [4.69, 9.17) is 5.26 Å². The molecule has 0 aliphatic rings. The average Bonchev–Trinajstić information content (AvgIpc) is 3.04. The Morgan fingerprint density at radius 1 is 1.52 bits per heavy atom. The first-order chi connectivity index (χ1) is 10.3. The van der Waals surface area contributed by atoms with Gasteiger partial charge in [0.25, 0.3) is 5.91 Å². The molecular formula is C15H16N4OS. The van der Waals surface area contributed by atoms with E-state index in [1.165, 1.54) is 11.8 Å². The highest BCUT2D eigenvalue weighted by molar-refractivity contribution is 7.99. The number of nitriles is 1. The van der Waals surface area contributed by atoms with Crippen molar-refractivity contribution in [3.05, 3.63) is 48.0 Å². The van der Waals surface area contributed by atoms with Crippen LogP contribution in [0.4, 0.5) is 0 Å². The van der Waals surface area contributed by atoms with Gasteiger partial charge < -0.3 is 10.3 Å². The summed E-state index contributed by atoms with van der Waals surface area (Å²) in [6, 6.07) is 9.22. The first-order valence-electron chi connectivity index (χ1n) is 6.65. The van der Waals surface area contributed by atoms with E-state index in [2.05, 4.69) is 21.4 Å². The number of carbonyl (C=O) groups is 1. The van der Waals surface area contributed by atoms with E-state index in [-0.39, 0.29) is 11.9 Å². The molecule has 21 heavy (non-hydrogen) atoms. The van der Waals surface area contributed by atoms with Crippen molar-refractivity contribution in [2.45, 2.75) is 24.3 Å². The van der Waals surface area contributed by atoms with Gasteiger partial charge in [-0.25, -0.2) is 4.98 Å². The van der Waals surface area contributed by atoms with Crippen molar-refractivity contribution in [3.8, 4) is 6.07 Å². The topological polar surface area (TPSA) is 81.6 Å². The average molecular weight is 300 g/mol. The first kappa shape index (κ1) is 15.1. The van der Waals surface area contributed by atoms with Crippen LogP contribution < -0.4 is 5.32 Å². The van der Waals surface area contributed by atoms with Crippen LogP contribution in [0.15, 0.2) is 41.6 Å². The summed E-state index contributed by atoms with van der Waals surface area (Å²) in [7, 11) is 0. The summed E-state index contributed by atoms with van der Waals surface area (Å²) in [6.07, 6.45) is 4.15. The summed E-state index contributed by atoms with van der Waals surface area (Å²) < 4.78 is 0. The predicted octanol–water partition coefficient (Wildman–Crippen LogP) is 2.91. The highest BCUT2D eigenvalue weighted by Crippen LogP contribution is 2.23. The Balaban J connectivity index is 2.14. The fourth-order valence-electron chi connectivity index (χ4n) is 1.96. The number of H-pyrrole nitrogens is 1. The maximum Gasteiger partial charge on any atom is 0.253 e. The second kappa shape index (κ2) is 7.50. The molecular weight excluding hydrogens is 284 g/mol. The number of nitrogens with zero attached hydrogens (tertiary/aromatic N) is 2. The molecule has 1 aromatic heterocycles. The number of nitrogens with one attached hydrogen (secondary N) is 2. The van der Waals surface area contributed by atoms with Crippen LogP contribution in [-0.4, -0.2) is 21.6 Å². The first-order valence-corrected chi connectivity index (χ1v) is 7.63. The van der Waals surface area contributed by atoms with E-state index in [1.54, 1.807) is 18.5 Å². The Morgan fingerprint density at radius 3 is 3.00 bits per heavy atom. The third-order valence-corrected chi connectivity index (χ3v) is 3.93. The number of imidazole rings is 1. The number of amides is 1. The molecule has 1 unspecified atom stereocenters. The van der Waals surface area contributed by atoms with Crippen molar-refractivity contribution < 1.29 is 4.79 Å². The lowest BCUT2D eigenvalue weighted by Crippen LogP contribution is -2.29. The minimum absolute atomic E-state index is 0.151. The Labute approximate surface area is 127 Å². The molecule has 0 aliphatic carbocycles. The van der Waals surface area contributed by atoms with Crippen LogP contribution in [0.25, 0.3) is 0 Å². The van der Waals surface area contributed by atoms with Crippen molar-refractivity contribution in [2.75, 3.05) is 5.75 Å². The summed E-state index contributed by atoms with van der Waals surface area (Å²) >= 11 is 1.36. The van der Waals surface area contributed by atoms with Crippen LogP contribution in [-0.2, 0) is 0 Å². The molecule has 0 aliphatic heterocycles. The van der Waals surface area contributed by atoms with Gasteiger partial charge in [-0.05, 0) is 18.6 Å². The molecule has 0 spiro atoms. The summed E-state index contributed by atoms with van der Waals surface area (Å²) in [5, 5.41) is 11.7. The van der Waals surface area contributed by atoms with Crippen molar-refractivity contribution in [1.29, 1.82) is 5.26 Å². The molecule has 1 amide bonds. The summed E-state index contributed by atoms with van der Waals surface area (Å²) in [5.74, 6) is 0.909. The fraction of sp³-hybridized carbons (Fsp3) is 0.267. The Morgan fingerprint density at radius 2 is 2.33 bits per heavy atom. The normalized spacial score (nSPS) is 11.6. The van der Waals surface area contributed by atoms with Crippen LogP contribution in [0.3, 0.4) is 0 Å². The van der Waals surface area contributed by atoms with E-state index >= 15 is 0 Å². The molecule has 0 bridgehead atoms. The Kier molecular flexibility index (Phi) is 5.41. The van der Waals surface area contributed by atoms with Crippen molar-refractivity contribution in [3.63, 3.8) is 0 Å². The lowest BCUT2D eigenvalue weighted by Gasteiger charge is -2.16. The van der Waals surface area contributed by atoms with Gasteiger partial charge in [-0.15, -0.1) is 11.8 Å². The highest BCUT2D eigenvalue weighted by atomic mass is 32.2. The molecule has 0 saturated carbocycles. The summed E-state index contributed by atoms with van der Waals surface area (Å²) in [6.45, 7) is 1.99. The molecule has 1 aromatic carbocycles. The van der Waals surface area contributed by atoms with Gasteiger partial charge >= 0.3 is 0 Å². The SMILES string of the molecule is CCC(NC(=O)c1ccccc1SCC#N)c1ncc[nH]1. The molecule has 1 heterocycles. The molecule has 0 fully saturated rings. The smallest absolute Gasteiger partial charge is 0.253 e. The van der Waals surface area contributed by atoms with Crippen molar-refractivity contribution >= 4 is 17.7 Å². The fourth-order valence-corrected chi connectivity index (χ4v) is 2.67. The maximum atomic E-state index is 12.4. The molecule has 1 atom stereocenters. The number of hydrogen-bond acceptors (Lipinski definition) is 4. The summed E-state index contributed by atoms with van der Waals surface area (Å²) in [4.78, 5) is 20.5. The zero-order valence-electron chi connectivity index (χ0n) is 11.7. The second-order valence-electron chi connectivity index (χ2n) is 4.35. The van der Waals surface area contributed by atoms with Crippen molar-refractivity contribution in [1.82, 2.24) is 15.3 Å². The molecule has 0 saturated heterocycles. The zero-order chi connectivity index (χ0) is 15.1. The lowest BCUT2D eigenvalue weighted by atomic mass is 10.1. The number of rotatable bonds is 6. The van der Waals surface area contributed by atoms with Gasteiger partial charge in [-0.1, -0.05) is 19.1 Å². The number of aromatic amines is 1. The van der Waals surface area contributed by atoms with E-state index in [1.807, 2.05) is 25.1 Å². The number of benzene rings is 1. The van der Waals surface area contributed by atoms with Crippen LogP contribution >= 0.6 is 11.8 Å². The Bertz CT molecular complexity index is 633. The van der Waals surface area contributed by atoms with Gasteiger partial charge in [-0.3, -0.25) is 4.79 Å². The standard InChI is InChI=1S/C15H16N4OS/c1-2-12(14-17-8-9-18-14)19-15(20)11-5-3-4-6-13(11)21-10-7-16/h3-6,8-9,12H,2,10H2,1H3,(H,17,18)(H,19,20). The monoisotopic (exact) mass is 300 g/mol. The third kappa shape index (κ3) is 3.86. The zero-order valence-corrected chi connectivity index (χ0v) is 12.5. The molecule has 6 heteroatoms. The van der Waals surface area contributed by atoms with Gasteiger partial charge in [0, 0.05) is 17.3 Å². The minimum atomic E-state index is -0.153. The third-order valence-electron chi connectivity index (χ3n) is 2.99. The van der Waals surface area contributed by atoms with Gasteiger partial charge in [0.2, 0.25) is 0 Å². The minimum Gasteiger partial charge on any atom is -0.347 e. The van der Waals surface area contributed by atoms with Gasteiger partial charge in [-0.2, -0.15) is 5.26 Å². The number of carbonyl (C=O) groups excluding carboxylic acids is 1. The predicted molar refractivity (Wildman–Crippen MR) is 81.9 cm³/mol. The number of hydrogen-bond donors (Lipinski definition) is 2. The molecule has 0 radical (unpaired) electrons. The van der Waals surface area contributed by atoms with Crippen LogP contribution in [0.2, 0.25) is 0 Å². The van der Waals surface area contributed by atoms with Crippen LogP contribution in [0.1, 0.15) is 35.6 Å².